The van der Waals surface area contributed by atoms with Crippen LogP contribution in [0.4, 0.5) is 5.69 Å². The highest BCUT2D eigenvalue weighted by Gasteiger charge is 2.22. The summed E-state index contributed by atoms with van der Waals surface area (Å²) >= 11 is 0. The molecule has 0 heterocycles. The van der Waals surface area contributed by atoms with Gasteiger partial charge in [0.2, 0.25) is 0 Å². The number of nitrogen functional groups attached to an aromatic ring is 1. The van der Waals surface area contributed by atoms with E-state index in [0.717, 1.165) is 11.3 Å². The van der Waals surface area contributed by atoms with Crippen molar-refractivity contribution in [3.63, 3.8) is 0 Å². The van der Waals surface area contributed by atoms with Crippen molar-refractivity contribution in [2.24, 2.45) is 0 Å². The molecule has 0 amide bonds. The molecule has 20 heavy (non-hydrogen) atoms. The van der Waals surface area contributed by atoms with Crippen molar-refractivity contribution < 1.29 is 9.84 Å². The Morgan fingerprint density at radius 1 is 1.10 bits per heavy atom. The summed E-state index contributed by atoms with van der Waals surface area (Å²) in [7, 11) is 1.61. The third kappa shape index (κ3) is 3.11. The largest absolute Gasteiger partial charge is 0.497 e. The van der Waals surface area contributed by atoms with Crippen molar-refractivity contribution in [1.82, 2.24) is 0 Å². The summed E-state index contributed by atoms with van der Waals surface area (Å²) in [6.07, 6.45) is 0. The van der Waals surface area contributed by atoms with Crippen molar-refractivity contribution in [2.45, 2.75) is 12.5 Å². The molecular formula is C17H17NO2. The van der Waals surface area contributed by atoms with Crippen LogP contribution in [0.3, 0.4) is 0 Å². The van der Waals surface area contributed by atoms with Gasteiger partial charge in [-0.2, -0.15) is 0 Å². The Balaban J connectivity index is 2.28. The monoisotopic (exact) mass is 267 g/mol. The second kappa shape index (κ2) is 5.68. The fourth-order valence-electron chi connectivity index (χ4n) is 1.88. The zero-order valence-corrected chi connectivity index (χ0v) is 11.6. The minimum absolute atomic E-state index is 0.529. The molecule has 1 unspecified atom stereocenters. The Bertz CT molecular complexity index is 649. The first-order chi connectivity index (χ1) is 9.53. The van der Waals surface area contributed by atoms with Crippen molar-refractivity contribution in [1.29, 1.82) is 0 Å². The second-order valence-electron chi connectivity index (χ2n) is 4.64. The first-order valence-corrected chi connectivity index (χ1v) is 6.27. The molecule has 0 saturated heterocycles. The number of rotatable bonds is 2. The predicted molar refractivity (Wildman–Crippen MR) is 80.3 cm³/mol. The van der Waals surface area contributed by atoms with Gasteiger partial charge >= 0.3 is 0 Å². The van der Waals surface area contributed by atoms with Crippen LogP contribution in [0.15, 0.2) is 48.5 Å². The number of nitrogens with two attached hydrogens (primary N) is 1. The van der Waals surface area contributed by atoms with Gasteiger partial charge in [0.05, 0.1) is 7.11 Å². The van der Waals surface area contributed by atoms with Gasteiger partial charge in [-0.1, -0.05) is 30.0 Å². The summed E-state index contributed by atoms with van der Waals surface area (Å²) < 4.78 is 5.09. The highest BCUT2D eigenvalue weighted by molar-refractivity contribution is 5.53. The molecule has 3 N–H and O–H groups in total. The predicted octanol–water partition coefficient (Wildman–Crippen LogP) is 2.54. The third-order valence-electron chi connectivity index (χ3n) is 3.03. The highest BCUT2D eigenvalue weighted by Crippen LogP contribution is 2.25. The second-order valence-corrected chi connectivity index (χ2v) is 4.64. The molecule has 3 nitrogen and oxygen atoms in total. The molecule has 1 atom stereocenters. The van der Waals surface area contributed by atoms with Crippen LogP contribution in [-0.2, 0) is 5.60 Å². The van der Waals surface area contributed by atoms with Gasteiger partial charge in [-0.15, -0.1) is 0 Å². The lowest BCUT2D eigenvalue weighted by molar-refractivity contribution is 0.123. The van der Waals surface area contributed by atoms with Crippen LogP contribution < -0.4 is 10.5 Å². The standard InChI is InChI=1S/C17H17NO2/c1-17(19,15-5-3-4-6-16(15)18)12-11-13-7-9-14(20-2)10-8-13/h3-10,19H,18H2,1-2H3. The smallest absolute Gasteiger partial charge is 0.150 e. The lowest BCUT2D eigenvalue weighted by atomic mass is 9.94. The molecule has 2 aromatic rings. The third-order valence-corrected chi connectivity index (χ3v) is 3.03. The van der Waals surface area contributed by atoms with E-state index in [1.807, 2.05) is 36.4 Å². The fourth-order valence-corrected chi connectivity index (χ4v) is 1.88. The number of anilines is 1. The van der Waals surface area contributed by atoms with Crippen molar-refractivity contribution >= 4 is 5.69 Å². The first-order valence-electron chi connectivity index (χ1n) is 6.27. The van der Waals surface area contributed by atoms with Crippen LogP contribution in [0.2, 0.25) is 0 Å². The molecular weight excluding hydrogens is 250 g/mol. The van der Waals surface area contributed by atoms with Crippen LogP contribution >= 0.6 is 0 Å². The Morgan fingerprint density at radius 2 is 1.75 bits per heavy atom. The van der Waals surface area contributed by atoms with Gasteiger partial charge in [0, 0.05) is 16.8 Å². The number of ether oxygens (including phenoxy) is 1. The molecule has 102 valence electrons. The van der Waals surface area contributed by atoms with E-state index >= 15 is 0 Å². The zero-order chi connectivity index (χ0) is 14.6. The zero-order valence-electron chi connectivity index (χ0n) is 11.6. The van der Waals surface area contributed by atoms with E-state index in [0.29, 0.717) is 11.3 Å². The molecule has 0 fully saturated rings. The average Bonchev–Trinajstić information content (AvgIpc) is 2.46. The maximum absolute atomic E-state index is 10.5. The van der Waals surface area contributed by atoms with Gasteiger partial charge in [0.15, 0.2) is 5.60 Å². The quantitative estimate of drug-likeness (QED) is 0.649. The Hall–Kier alpha value is -2.44. The molecule has 2 rings (SSSR count). The molecule has 0 saturated carbocycles. The van der Waals surface area contributed by atoms with Gasteiger partial charge < -0.3 is 15.6 Å². The van der Waals surface area contributed by atoms with E-state index in [-0.39, 0.29) is 0 Å². The summed E-state index contributed by atoms with van der Waals surface area (Å²) in [5, 5.41) is 10.5. The number of aliphatic hydroxyl groups is 1. The van der Waals surface area contributed by atoms with Gasteiger partial charge in [-0.25, -0.2) is 0 Å². The Morgan fingerprint density at radius 3 is 2.35 bits per heavy atom. The van der Waals surface area contributed by atoms with Crippen molar-refractivity contribution in [3.05, 3.63) is 59.7 Å². The van der Waals surface area contributed by atoms with E-state index < -0.39 is 5.60 Å². The molecule has 0 aliphatic rings. The lowest BCUT2D eigenvalue weighted by Gasteiger charge is -2.18. The number of methoxy groups -OCH3 is 1. The maximum Gasteiger partial charge on any atom is 0.150 e. The molecule has 0 aliphatic heterocycles. The van der Waals surface area contributed by atoms with Crippen molar-refractivity contribution in [2.75, 3.05) is 12.8 Å². The SMILES string of the molecule is COc1ccc(C#CC(C)(O)c2ccccc2N)cc1. The van der Waals surface area contributed by atoms with E-state index in [9.17, 15) is 5.11 Å². The normalized spacial score (nSPS) is 12.9. The van der Waals surface area contributed by atoms with Gasteiger partial charge in [0.1, 0.15) is 5.75 Å². The molecule has 2 aromatic carbocycles. The van der Waals surface area contributed by atoms with Crippen molar-refractivity contribution in [3.8, 4) is 17.6 Å². The minimum atomic E-state index is -1.29. The van der Waals surface area contributed by atoms with Gasteiger partial charge in [0.25, 0.3) is 0 Å². The average molecular weight is 267 g/mol. The Labute approximate surface area is 119 Å². The summed E-state index contributed by atoms with van der Waals surface area (Å²) in [6.45, 7) is 1.63. The fraction of sp³-hybridized carbons (Fsp3) is 0.176. The van der Waals surface area contributed by atoms with Crippen LogP contribution in [-0.4, -0.2) is 12.2 Å². The van der Waals surface area contributed by atoms with Crippen LogP contribution in [0.5, 0.6) is 5.75 Å². The van der Waals surface area contributed by atoms with Crippen LogP contribution in [0.25, 0.3) is 0 Å². The van der Waals surface area contributed by atoms with Crippen LogP contribution in [0.1, 0.15) is 18.1 Å². The topological polar surface area (TPSA) is 55.5 Å². The maximum atomic E-state index is 10.5. The number of hydrogen-bond donors (Lipinski definition) is 2. The molecule has 3 heteroatoms. The van der Waals surface area contributed by atoms with Crippen LogP contribution in [0, 0.1) is 11.8 Å². The lowest BCUT2D eigenvalue weighted by Crippen LogP contribution is -2.20. The number of para-hydroxylation sites is 1. The van der Waals surface area contributed by atoms with E-state index in [1.165, 1.54) is 0 Å². The molecule has 0 aliphatic carbocycles. The number of benzene rings is 2. The molecule has 0 radical (unpaired) electrons. The van der Waals surface area contributed by atoms with Gasteiger partial charge in [-0.05, 0) is 37.3 Å². The van der Waals surface area contributed by atoms with E-state index in [1.54, 1.807) is 26.2 Å². The first kappa shape index (κ1) is 14.0. The minimum Gasteiger partial charge on any atom is -0.497 e. The summed E-state index contributed by atoms with van der Waals surface area (Å²) in [5.74, 6) is 6.58. The summed E-state index contributed by atoms with van der Waals surface area (Å²) in [6, 6.07) is 14.5. The molecule has 0 aromatic heterocycles. The highest BCUT2D eigenvalue weighted by atomic mass is 16.5. The molecule has 0 bridgehead atoms. The summed E-state index contributed by atoms with van der Waals surface area (Å²) in [4.78, 5) is 0. The Kier molecular flexibility index (Phi) is 3.97. The van der Waals surface area contributed by atoms with Gasteiger partial charge in [-0.3, -0.25) is 0 Å². The molecule has 0 spiro atoms. The number of hydrogen-bond acceptors (Lipinski definition) is 3. The van der Waals surface area contributed by atoms with E-state index in [4.69, 9.17) is 10.5 Å². The summed E-state index contributed by atoms with van der Waals surface area (Å²) in [5.41, 5.74) is 6.53. The van der Waals surface area contributed by atoms with E-state index in [2.05, 4.69) is 11.8 Å².